The Kier molecular flexibility index (Phi) is 9.29. The van der Waals surface area contributed by atoms with Gasteiger partial charge in [0.25, 0.3) is 0 Å². The van der Waals surface area contributed by atoms with Gasteiger partial charge in [-0.3, -0.25) is 4.79 Å². The van der Waals surface area contributed by atoms with Crippen LogP contribution in [0.4, 0.5) is 0 Å². The van der Waals surface area contributed by atoms with Gasteiger partial charge in [0.1, 0.15) is 22.9 Å². The first-order valence-corrected chi connectivity index (χ1v) is 7.51. The third kappa shape index (κ3) is 5.58. The van der Waals surface area contributed by atoms with Crippen LogP contribution in [0, 0.1) is 0 Å². The van der Waals surface area contributed by atoms with Crippen molar-refractivity contribution in [1.82, 2.24) is 0 Å². The molecule has 0 aliphatic rings. The van der Waals surface area contributed by atoms with Crippen LogP contribution in [-0.4, -0.2) is 67.2 Å². The van der Waals surface area contributed by atoms with E-state index in [0.29, 0.717) is 0 Å². The molecule has 3 atom stereocenters. The van der Waals surface area contributed by atoms with Crippen LogP contribution < -0.4 is 0 Å². The van der Waals surface area contributed by atoms with Gasteiger partial charge in [-0.2, -0.15) is 0 Å². The van der Waals surface area contributed by atoms with Crippen LogP contribution in [0.25, 0.3) is 0 Å². The molecule has 0 radical (unpaired) electrons. The lowest BCUT2D eigenvalue weighted by molar-refractivity contribution is -0.138. The van der Waals surface area contributed by atoms with Crippen molar-refractivity contribution in [2.45, 2.75) is 36.7 Å². The van der Waals surface area contributed by atoms with Gasteiger partial charge in [0.2, 0.25) is 0 Å². The average molecular weight is 284 g/mol. The molecule has 0 rings (SSSR count). The van der Waals surface area contributed by atoms with Gasteiger partial charge in [0, 0.05) is 0 Å². The Bertz CT molecular complexity index is 221. The fourth-order valence-corrected chi connectivity index (χ4v) is 3.56. The third-order valence-corrected chi connectivity index (χ3v) is 4.62. The third-order valence-electron chi connectivity index (χ3n) is 2.06. The van der Waals surface area contributed by atoms with Crippen LogP contribution in [0.3, 0.4) is 0 Å². The molecule has 4 N–H and O–H groups in total. The van der Waals surface area contributed by atoms with Gasteiger partial charge in [-0.15, -0.1) is 23.5 Å². The van der Waals surface area contributed by atoms with Gasteiger partial charge >= 0.3 is 0 Å². The molecular weight excluding hydrogens is 264 g/mol. The Morgan fingerprint density at radius 1 is 1.12 bits per heavy atom. The predicted octanol–water partition coefficient (Wildman–Crippen LogP) is -0.537. The minimum atomic E-state index is -1.67. The number of aliphatic hydroxyl groups excluding tert-OH is 4. The zero-order chi connectivity index (χ0) is 13.4. The molecule has 0 spiro atoms. The highest BCUT2D eigenvalue weighted by atomic mass is 32.2. The summed E-state index contributed by atoms with van der Waals surface area (Å²) in [7, 11) is 0. The molecule has 0 heterocycles. The predicted molar refractivity (Wildman–Crippen MR) is 70.2 cm³/mol. The first-order valence-electron chi connectivity index (χ1n) is 5.41. The maximum Gasteiger partial charge on any atom is 0.186 e. The lowest BCUT2D eigenvalue weighted by Crippen LogP contribution is -2.46. The van der Waals surface area contributed by atoms with Crippen molar-refractivity contribution < 1.29 is 25.2 Å². The van der Waals surface area contributed by atoms with Crippen LogP contribution in [-0.2, 0) is 4.79 Å². The fourth-order valence-electron chi connectivity index (χ4n) is 1.14. The Labute approximate surface area is 110 Å². The molecule has 0 aromatic heterocycles. The second-order valence-corrected chi connectivity index (χ2v) is 6.39. The SMILES string of the molecule is CCSC(SCC)C(=O)[C@@H](O)[C@H](O)[C@H](O)CO. The van der Waals surface area contributed by atoms with Crippen LogP contribution in [0.2, 0.25) is 0 Å². The molecule has 0 aliphatic carbocycles. The van der Waals surface area contributed by atoms with Gasteiger partial charge in [-0.1, -0.05) is 13.8 Å². The molecule has 102 valence electrons. The minimum absolute atomic E-state index is 0.458. The molecule has 0 bridgehead atoms. The van der Waals surface area contributed by atoms with Gasteiger partial charge in [-0.05, 0) is 11.5 Å². The average Bonchev–Trinajstić information content (AvgIpc) is 2.34. The molecular formula is C10H20O5S2. The van der Waals surface area contributed by atoms with Crippen LogP contribution in [0.15, 0.2) is 0 Å². The van der Waals surface area contributed by atoms with Crippen molar-refractivity contribution >= 4 is 29.3 Å². The highest BCUT2D eigenvalue weighted by Crippen LogP contribution is 2.26. The van der Waals surface area contributed by atoms with Crippen molar-refractivity contribution in [3.63, 3.8) is 0 Å². The summed E-state index contributed by atoms with van der Waals surface area (Å²) < 4.78 is -0.458. The van der Waals surface area contributed by atoms with E-state index >= 15 is 0 Å². The molecule has 7 heteroatoms. The Morgan fingerprint density at radius 2 is 1.59 bits per heavy atom. The van der Waals surface area contributed by atoms with Crippen molar-refractivity contribution in [1.29, 1.82) is 0 Å². The topological polar surface area (TPSA) is 98.0 Å². The zero-order valence-corrected chi connectivity index (χ0v) is 11.6. The maximum absolute atomic E-state index is 11.8. The van der Waals surface area contributed by atoms with Crippen molar-refractivity contribution in [2.75, 3.05) is 18.1 Å². The van der Waals surface area contributed by atoms with E-state index in [-0.39, 0.29) is 0 Å². The van der Waals surface area contributed by atoms with E-state index < -0.39 is 35.3 Å². The maximum atomic E-state index is 11.8. The first-order chi connectivity index (χ1) is 7.99. The molecule has 0 aromatic carbocycles. The van der Waals surface area contributed by atoms with Crippen molar-refractivity contribution in [3.8, 4) is 0 Å². The van der Waals surface area contributed by atoms with E-state index in [1.54, 1.807) is 0 Å². The molecule has 0 unspecified atom stereocenters. The zero-order valence-electron chi connectivity index (χ0n) is 9.94. The number of aliphatic hydroxyl groups is 4. The number of carbonyl (C=O) groups excluding carboxylic acids is 1. The summed E-state index contributed by atoms with van der Waals surface area (Å²) in [6.45, 7) is 3.09. The normalized spacial score (nSPS) is 16.9. The van der Waals surface area contributed by atoms with E-state index in [2.05, 4.69) is 0 Å². The number of Topliss-reactive ketones (excluding diaryl/α,β-unsaturated/α-hetero) is 1. The molecule has 0 saturated heterocycles. The monoisotopic (exact) mass is 284 g/mol. The number of hydrogen-bond acceptors (Lipinski definition) is 7. The molecule has 0 fully saturated rings. The molecule has 0 saturated carbocycles. The summed E-state index contributed by atoms with van der Waals surface area (Å²) in [6, 6.07) is 0. The van der Waals surface area contributed by atoms with Crippen LogP contribution >= 0.6 is 23.5 Å². The van der Waals surface area contributed by atoms with E-state index in [9.17, 15) is 15.0 Å². The quantitative estimate of drug-likeness (QED) is 0.422. The Hall–Kier alpha value is 0.210. The van der Waals surface area contributed by atoms with Gasteiger partial charge < -0.3 is 20.4 Å². The number of carbonyl (C=O) groups is 1. The highest BCUT2D eigenvalue weighted by Gasteiger charge is 2.34. The van der Waals surface area contributed by atoms with Crippen LogP contribution in [0.1, 0.15) is 13.8 Å². The number of hydrogen-bond donors (Lipinski definition) is 4. The van der Waals surface area contributed by atoms with Crippen molar-refractivity contribution in [2.24, 2.45) is 0 Å². The van der Waals surface area contributed by atoms with E-state index in [4.69, 9.17) is 10.2 Å². The lowest BCUT2D eigenvalue weighted by Gasteiger charge is -2.23. The number of rotatable bonds is 9. The smallest absolute Gasteiger partial charge is 0.186 e. The summed E-state index contributed by atoms with van der Waals surface area (Å²) in [5.41, 5.74) is 0. The van der Waals surface area contributed by atoms with Crippen molar-refractivity contribution in [3.05, 3.63) is 0 Å². The second kappa shape index (κ2) is 9.18. The Balaban J connectivity index is 4.52. The largest absolute Gasteiger partial charge is 0.394 e. The lowest BCUT2D eigenvalue weighted by atomic mass is 10.1. The van der Waals surface area contributed by atoms with Gasteiger partial charge in [0.15, 0.2) is 5.78 Å². The van der Waals surface area contributed by atoms with E-state index in [1.807, 2.05) is 13.8 Å². The Morgan fingerprint density at radius 3 is 1.94 bits per heavy atom. The molecule has 0 amide bonds. The number of ketones is 1. The van der Waals surface area contributed by atoms with Gasteiger partial charge in [-0.25, -0.2) is 0 Å². The molecule has 5 nitrogen and oxygen atoms in total. The molecule has 0 aliphatic heterocycles. The minimum Gasteiger partial charge on any atom is -0.394 e. The molecule has 0 aromatic rings. The highest BCUT2D eigenvalue weighted by molar-refractivity contribution is 8.18. The fraction of sp³-hybridized carbons (Fsp3) is 0.900. The summed E-state index contributed by atoms with van der Waals surface area (Å²) in [4.78, 5) is 11.8. The number of thioether (sulfide) groups is 2. The molecule has 17 heavy (non-hydrogen) atoms. The van der Waals surface area contributed by atoms with E-state index in [1.165, 1.54) is 23.5 Å². The van der Waals surface area contributed by atoms with Gasteiger partial charge in [0.05, 0.1) is 6.61 Å². The summed E-state index contributed by atoms with van der Waals surface area (Å²) in [6.07, 6.45) is -4.82. The van der Waals surface area contributed by atoms with E-state index in [0.717, 1.165) is 11.5 Å². The first kappa shape index (κ1) is 17.2. The van der Waals surface area contributed by atoms with Crippen LogP contribution in [0.5, 0.6) is 0 Å². The summed E-state index contributed by atoms with van der Waals surface area (Å²) in [5, 5.41) is 36.9. The summed E-state index contributed by atoms with van der Waals surface area (Å²) >= 11 is 2.74. The standard InChI is InChI=1S/C10H20O5S2/c1-3-16-10(17-4-2)9(15)8(14)7(13)6(12)5-11/h6-8,10-14H,3-5H2,1-2H3/t6-,7-,8+/m1/s1. The summed E-state index contributed by atoms with van der Waals surface area (Å²) in [5.74, 6) is 0.910. The second-order valence-electron chi connectivity index (χ2n) is 3.33.